The fourth-order valence-electron chi connectivity index (χ4n) is 5.06. The molecule has 4 atom stereocenters. The van der Waals surface area contributed by atoms with Crippen molar-refractivity contribution in [3.63, 3.8) is 0 Å². The highest BCUT2D eigenvalue weighted by molar-refractivity contribution is 5.93. The second kappa shape index (κ2) is 7.50. The summed E-state index contributed by atoms with van der Waals surface area (Å²) in [5.74, 6) is 0.711. The van der Waals surface area contributed by atoms with Gasteiger partial charge in [-0.05, 0) is 38.7 Å². The minimum absolute atomic E-state index is 0.115. The number of amides is 2. The first kappa shape index (κ1) is 18.3. The second-order valence-corrected chi connectivity index (χ2v) is 7.99. The van der Waals surface area contributed by atoms with Gasteiger partial charge in [0, 0.05) is 31.3 Å². The zero-order valence-corrected chi connectivity index (χ0v) is 15.9. The summed E-state index contributed by atoms with van der Waals surface area (Å²) in [5, 5.41) is 3.02. The number of unbranched alkanes of at least 4 members (excludes halogenated alkanes) is 1. The van der Waals surface area contributed by atoms with E-state index in [9.17, 15) is 9.59 Å². The number of rotatable bonds is 7. The van der Waals surface area contributed by atoms with Crippen LogP contribution in [-0.2, 0) is 9.53 Å². The summed E-state index contributed by atoms with van der Waals surface area (Å²) in [6.45, 7) is 4.06. The van der Waals surface area contributed by atoms with Crippen LogP contribution in [0.3, 0.4) is 0 Å². The third-order valence-corrected chi connectivity index (χ3v) is 6.42. The van der Waals surface area contributed by atoms with Crippen molar-refractivity contribution in [2.24, 2.45) is 11.8 Å². The van der Waals surface area contributed by atoms with Gasteiger partial charge in [0.15, 0.2) is 0 Å². The molecule has 3 saturated heterocycles. The Hall–Kier alpha value is -2.08. The Kier molecular flexibility index (Phi) is 5.08. The van der Waals surface area contributed by atoms with Crippen molar-refractivity contribution in [2.75, 3.05) is 19.6 Å². The topological polar surface area (TPSA) is 71.8 Å². The number of nitrogens with zero attached hydrogens (tertiary/aromatic N) is 1. The normalized spacial score (nSPS) is 31.6. The molecule has 4 heterocycles. The van der Waals surface area contributed by atoms with Crippen molar-refractivity contribution < 1.29 is 18.7 Å². The molecule has 0 aliphatic carbocycles. The van der Waals surface area contributed by atoms with Crippen molar-refractivity contribution in [2.45, 2.75) is 50.7 Å². The molecule has 6 heteroatoms. The summed E-state index contributed by atoms with van der Waals surface area (Å²) >= 11 is 0. The average Bonchev–Trinajstić information content (AvgIpc) is 3.43. The molecular weight excluding hydrogens is 344 g/mol. The number of hydrogen-bond donors (Lipinski definition) is 1. The first-order valence-corrected chi connectivity index (χ1v) is 10.00. The molecule has 2 amide bonds. The molecule has 3 aliphatic rings. The Balaban J connectivity index is 1.35. The quantitative estimate of drug-likeness (QED) is 0.590. The van der Waals surface area contributed by atoms with Gasteiger partial charge in [0.05, 0.1) is 30.1 Å². The number of fused-ring (bicyclic) bond motifs is 1. The van der Waals surface area contributed by atoms with Gasteiger partial charge in [0.2, 0.25) is 5.91 Å². The van der Waals surface area contributed by atoms with Crippen LogP contribution in [0.2, 0.25) is 0 Å². The molecule has 2 bridgehead atoms. The highest BCUT2D eigenvalue weighted by atomic mass is 16.5. The molecule has 1 aromatic heterocycles. The molecule has 146 valence electrons. The highest BCUT2D eigenvalue weighted by Gasteiger charge is 2.63. The van der Waals surface area contributed by atoms with E-state index in [1.807, 2.05) is 17.9 Å². The predicted octanol–water partition coefficient (Wildman–Crippen LogP) is 2.76. The van der Waals surface area contributed by atoms with Crippen LogP contribution in [0, 0.1) is 11.8 Å². The van der Waals surface area contributed by atoms with Crippen LogP contribution in [0.15, 0.2) is 35.2 Å². The molecule has 1 N–H and O–H groups in total. The molecule has 3 fully saturated rings. The van der Waals surface area contributed by atoms with Gasteiger partial charge in [-0.2, -0.15) is 0 Å². The van der Waals surface area contributed by atoms with Crippen LogP contribution in [0.1, 0.15) is 49.4 Å². The Morgan fingerprint density at radius 2 is 2.33 bits per heavy atom. The van der Waals surface area contributed by atoms with E-state index in [2.05, 4.69) is 11.4 Å². The van der Waals surface area contributed by atoms with E-state index in [1.165, 1.54) is 12.5 Å². The molecular formula is C21H28N2O4. The lowest BCUT2D eigenvalue weighted by atomic mass is 9.73. The Morgan fingerprint density at radius 1 is 1.44 bits per heavy atom. The summed E-state index contributed by atoms with van der Waals surface area (Å²) in [6, 6.07) is 1.66. The molecule has 0 unspecified atom stereocenters. The summed E-state index contributed by atoms with van der Waals surface area (Å²) in [5.41, 5.74) is 0.354. The van der Waals surface area contributed by atoms with Gasteiger partial charge in [-0.1, -0.05) is 12.2 Å². The summed E-state index contributed by atoms with van der Waals surface area (Å²) < 4.78 is 11.3. The van der Waals surface area contributed by atoms with Crippen molar-refractivity contribution in [3.8, 4) is 0 Å². The smallest absolute Gasteiger partial charge is 0.254 e. The van der Waals surface area contributed by atoms with Crippen LogP contribution in [0.4, 0.5) is 0 Å². The Labute approximate surface area is 159 Å². The van der Waals surface area contributed by atoms with Crippen LogP contribution >= 0.6 is 0 Å². The first-order valence-electron chi connectivity index (χ1n) is 10.00. The molecule has 1 spiro atoms. The van der Waals surface area contributed by atoms with Crippen molar-refractivity contribution in [3.05, 3.63) is 36.3 Å². The van der Waals surface area contributed by atoms with Gasteiger partial charge in [0.25, 0.3) is 5.91 Å². The van der Waals surface area contributed by atoms with E-state index in [1.54, 1.807) is 6.07 Å². The summed E-state index contributed by atoms with van der Waals surface area (Å²) in [6.07, 6.45) is 11.8. The minimum atomic E-state index is -0.186. The van der Waals surface area contributed by atoms with E-state index in [0.29, 0.717) is 31.0 Å². The summed E-state index contributed by atoms with van der Waals surface area (Å²) in [7, 11) is 0. The van der Waals surface area contributed by atoms with Crippen LogP contribution in [0.5, 0.6) is 0 Å². The van der Waals surface area contributed by atoms with Crippen molar-refractivity contribution in [1.29, 1.82) is 0 Å². The molecule has 6 nitrogen and oxygen atoms in total. The number of nitrogens with one attached hydrogen (secondary N) is 1. The average molecular weight is 372 g/mol. The Bertz CT molecular complexity index is 714. The van der Waals surface area contributed by atoms with E-state index in [-0.39, 0.29) is 29.4 Å². The van der Waals surface area contributed by atoms with Gasteiger partial charge < -0.3 is 19.4 Å². The zero-order valence-electron chi connectivity index (χ0n) is 15.9. The lowest BCUT2D eigenvalue weighted by Crippen LogP contribution is -2.41. The van der Waals surface area contributed by atoms with Crippen molar-refractivity contribution in [1.82, 2.24) is 10.2 Å². The van der Waals surface area contributed by atoms with Gasteiger partial charge in [-0.15, -0.1) is 0 Å². The Morgan fingerprint density at radius 3 is 3.11 bits per heavy atom. The van der Waals surface area contributed by atoms with Crippen LogP contribution < -0.4 is 5.32 Å². The van der Waals surface area contributed by atoms with E-state index in [4.69, 9.17) is 9.15 Å². The highest BCUT2D eigenvalue weighted by Crippen LogP contribution is 2.54. The number of hydrogen-bond acceptors (Lipinski definition) is 4. The maximum atomic E-state index is 12.6. The van der Waals surface area contributed by atoms with E-state index < -0.39 is 0 Å². The summed E-state index contributed by atoms with van der Waals surface area (Å²) in [4.78, 5) is 26.8. The number of ether oxygens (including phenoxy) is 1. The number of allylic oxidation sites excluding steroid dienone is 2. The van der Waals surface area contributed by atoms with Crippen LogP contribution in [-0.4, -0.2) is 48.1 Å². The lowest BCUT2D eigenvalue weighted by molar-refractivity contribution is -0.131. The molecule has 0 saturated carbocycles. The fraction of sp³-hybridized carbons (Fsp3) is 0.619. The second-order valence-electron chi connectivity index (χ2n) is 7.99. The van der Waals surface area contributed by atoms with E-state index >= 15 is 0 Å². The molecule has 3 aliphatic heterocycles. The third kappa shape index (κ3) is 3.43. The lowest BCUT2D eigenvalue weighted by Gasteiger charge is -2.29. The maximum Gasteiger partial charge on any atom is 0.254 e. The molecule has 0 aromatic carbocycles. The number of furan rings is 1. The molecule has 27 heavy (non-hydrogen) atoms. The fourth-order valence-corrected chi connectivity index (χ4v) is 5.06. The van der Waals surface area contributed by atoms with Gasteiger partial charge in [0.1, 0.15) is 6.26 Å². The maximum absolute atomic E-state index is 12.6. The van der Waals surface area contributed by atoms with Crippen LogP contribution in [0.25, 0.3) is 0 Å². The van der Waals surface area contributed by atoms with Gasteiger partial charge >= 0.3 is 0 Å². The van der Waals surface area contributed by atoms with Gasteiger partial charge in [-0.25, -0.2) is 0 Å². The van der Waals surface area contributed by atoms with Crippen molar-refractivity contribution >= 4 is 11.8 Å². The monoisotopic (exact) mass is 372 g/mol. The van der Waals surface area contributed by atoms with Gasteiger partial charge in [-0.3, -0.25) is 9.59 Å². The predicted molar refractivity (Wildman–Crippen MR) is 100 cm³/mol. The molecule has 1 aromatic rings. The standard InChI is InChI=1S/C21H28N2O4/c1-2-3-4-5-6-19(24)23-12-17-16(18-7-9-21(17,14-23)27-18)11-22-20(25)15-8-10-26-13-15/h2-3,8,10,13,16-18H,4-7,9,11-12,14H2,1H3,(H,22,25)/b3-2+/t16-,17+,18+,21+/m0/s1. The SMILES string of the molecule is C/C=C/CCCC(=O)N1C[C@@H]2[C@H](CNC(=O)c3ccoc3)[C@H]3CC[C@]2(C1)O3. The number of carbonyl (C=O) groups excluding carboxylic acids is 2. The number of likely N-dealkylation sites (tertiary alicyclic amines) is 1. The number of carbonyl (C=O) groups is 2. The molecule has 4 rings (SSSR count). The third-order valence-electron chi connectivity index (χ3n) is 6.42. The minimum Gasteiger partial charge on any atom is -0.472 e. The largest absolute Gasteiger partial charge is 0.472 e. The zero-order chi connectivity index (χ0) is 18.9. The molecule has 0 radical (unpaired) electrons. The first-order chi connectivity index (χ1) is 13.1. The van der Waals surface area contributed by atoms with E-state index in [0.717, 1.165) is 32.2 Å².